The summed E-state index contributed by atoms with van der Waals surface area (Å²) in [7, 11) is 0. The second-order valence-electron chi connectivity index (χ2n) is 5.06. The fourth-order valence-electron chi connectivity index (χ4n) is 2.48. The standard InChI is InChI=1S/C14H24N2O/c1-4-11-14(13(17)6-3)12(5-2)16(15-11)9-10-7-8-10/h10,13,17H,4-9H2,1-3H3. The Morgan fingerprint density at radius 3 is 2.47 bits per heavy atom. The molecule has 96 valence electrons. The molecule has 1 fully saturated rings. The van der Waals surface area contributed by atoms with Crippen LogP contribution in [0.1, 0.15) is 63.1 Å². The molecule has 0 saturated heterocycles. The van der Waals surface area contributed by atoms with Gasteiger partial charge in [-0.2, -0.15) is 5.10 Å². The highest BCUT2D eigenvalue weighted by molar-refractivity contribution is 5.29. The van der Waals surface area contributed by atoms with Gasteiger partial charge in [0.2, 0.25) is 0 Å². The Balaban J connectivity index is 2.34. The second kappa shape index (κ2) is 5.21. The van der Waals surface area contributed by atoms with E-state index < -0.39 is 0 Å². The lowest BCUT2D eigenvalue weighted by Gasteiger charge is -2.11. The van der Waals surface area contributed by atoms with Crippen molar-refractivity contribution in [3.05, 3.63) is 17.0 Å². The lowest BCUT2D eigenvalue weighted by atomic mass is 10.0. The van der Waals surface area contributed by atoms with Gasteiger partial charge >= 0.3 is 0 Å². The van der Waals surface area contributed by atoms with Crippen LogP contribution in [0.15, 0.2) is 0 Å². The Kier molecular flexibility index (Phi) is 3.87. The van der Waals surface area contributed by atoms with E-state index in [9.17, 15) is 5.11 Å². The summed E-state index contributed by atoms with van der Waals surface area (Å²) in [4.78, 5) is 0. The first-order valence-corrected chi connectivity index (χ1v) is 6.97. The molecule has 0 aromatic carbocycles. The van der Waals surface area contributed by atoms with E-state index in [0.717, 1.165) is 43.0 Å². The van der Waals surface area contributed by atoms with Gasteiger partial charge in [-0.3, -0.25) is 4.68 Å². The lowest BCUT2D eigenvalue weighted by Crippen LogP contribution is -2.08. The number of aliphatic hydroxyl groups excluding tert-OH is 1. The summed E-state index contributed by atoms with van der Waals surface area (Å²) in [6, 6.07) is 0. The van der Waals surface area contributed by atoms with E-state index in [1.807, 2.05) is 6.92 Å². The Bertz CT molecular complexity index is 380. The molecule has 0 amide bonds. The van der Waals surface area contributed by atoms with Crippen molar-refractivity contribution in [2.75, 3.05) is 0 Å². The van der Waals surface area contributed by atoms with Gasteiger partial charge < -0.3 is 5.11 Å². The Hall–Kier alpha value is -0.830. The first-order valence-electron chi connectivity index (χ1n) is 6.97. The van der Waals surface area contributed by atoms with Crippen molar-refractivity contribution >= 4 is 0 Å². The van der Waals surface area contributed by atoms with Gasteiger partial charge in [0.05, 0.1) is 11.8 Å². The van der Waals surface area contributed by atoms with Gasteiger partial charge in [-0.25, -0.2) is 0 Å². The average molecular weight is 236 g/mol. The normalized spacial score (nSPS) is 17.4. The number of rotatable bonds is 6. The van der Waals surface area contributed by atoms with Crippen molar-refractivity contribution in [3.63, 3.8) is 0 Å². The van der Waals surface area contributed by atoms with Crippen molar-refractivity contribution in [1.29, 1.82) is 0 Å². The van der Waals surface area contributed by atoms with Crippen LogP contribution in [0.4, 0.5) is 0 Å². The van der Waals surface area contributed by atoms with E-state index >= 15 is 0 Å². The van der Waals surface area contributed by atoms with Gasteiger partial charge in [-0.05, 0) is 38.0 Å². The van der Waals surface area contributed by atoms with Gasteiger partial charge in [-0.1, -0.05) is 20.8 Å². The largest absolute Gasteiger partial charge is 0.388 e. The van der Waals surface area contributed by atoms with Crippen LogP contribution in [-0.4, -0.2) is 14.9 Å². The molecule has 1 heterocycles. The Morgan fingerprint density at radius 1 is 1.29 bits per heavy atom. The van der Waals surface area contributed by atoms with Crippen LogP contribution in [0.25, 0.3) is 0 Å². The molecule has 1 unspecified atom stereocenters. The minimum absolute atomic E-state index is 0.340. The molecule has 3 heteroatoms. The van der Waals surface area contributed by atoms with Crippen molar-refractivity contribution < 1.29 is 5.11 Å². The molecule has 0 spiro atoms. The molecule has 17 heavy (non-hydrogen) atoms. The molecular formula is C14H24N2O. The zero-order chi connectivity index (χ0) is 12.4. The Labute approximate surface area is 104 Å². The van der Waals surface area contributed by atoms with Gasteiger partial charge in [0.1, 0.15) is 0 Å². The molecule has 0 bridgehead atoms. The molecule has 0 radical (unpaired) electrons. The predicted octanol–water partition coefficient (Wildman–Crippen LogP) is 2.86. The van der Waals surface area contributed by atoms with Crippen LogP contribution in [0.3, 0.4) is 0 Å². The van der Waals surface area contributed by atoms with E-state index in [1.54, 1.807) is 0 Å². The summed E-state index contributed by atoms with van der Waals surface area (Å²) in [6.45, 7) is 7.36. The lowest BCUT2D eigenvalue weighted by molar-refractivity contribution is 0.171. The number of hydrogen-bond donors (Lipinski definition) is 1. The summed E-state index contributed by atoms with van der Waals surface area (Å²) < 4.78 is 2.16. The van der Waals surface area contributed by atoms with Crippen molar-refractivity contribution in [2.45, 2.75) is 65.5 Å². The zero-order valence-corrected chi connectivity index (χ0v) is 11.2. The van der Waals surface area contributed by atoms with E-state index in [0.29, 0.717) is 0 Å². The van der Waals surface area contributed by atoms with Crippen LogP contribution in [-0.2, 0) is 19.4 Å². The van der Waals surface area contributed by atoms with Gasteiger partial charge in [0, 0.05) is 17.8 Å². The maximum atomic E-state index is 10.2. The maximum Gasteiger partial charge on any atom is 0.0823 e. The topological polar surface area (TPSA) is 38.0 Å². The molecule has 1 aliphatic carbocycles. The number of aromatic nitrogens is 2. The van der Waals surface area contributed by atoms with Crippen molar-refractivity contribution in [1.82, 2.24) is 9.78 Å². The molecular weight excluding hydrogens is 212 g/mol. The monoisotopic (exact) mass is 236 g/mol. The molecule has 2 rings (SSSR count). The Morgan fingerprint density at radius 2 is 2.00 bits per heavy atom. The summed E-state index contributed by atoms with van der Waals surface area (Å²) in [6.07, 6.45) is 5.00. The third-order valence-corrected chi connectivity index (χ3v) is 3.69. The van der Waals surface area contributed by atoms with E-state index in [-0.39, 0.29) is 6.10 Å². The number of aryl methyl sites for hydroxylation is 1. The SMILES string of the molecule is CCc1nn(CC2CC2)c(CC)c1C(O)CC. The summed E-state index contributed by atoms with van der Waals surface area (Å²) >= 11 is 0. The van der Waals surface area contributed by atoms with E-state index in [1.165, 1.54) is 18.5 Å². The van der Waals surface area contributed by atoms with Crippen molar-refractivity contribution in [2.24, 2.45) is 5.92 Å². The minimum Gasteiger partial charge on any atom is -0.388 e. The van der Waals surface area contributed by atoms with E-state index in [2.05, 4.69) is 18.5 Å². The maximum absolute atomic E-state index is 10.2. The second-order valence-corrected chi connectivity index (χ2v) is 5.06. The third kappa shape index (κ3) is 2.54. The molecule has 1 aromatic heterocycles. The quantitative estimate of drug-likeness (QED) is 0.824. The van der Waals surface area contributed by atoms with Crippen LogP contribution < -0.4 is 0 Å². The summed E-state index contributed by atoms with van der Waals surface area (Å²) in [5.74, 6) is 0.830. The zero-order valence-electron chi connectivity index (χ0n) is 11.2. The molecule has 1 aromatic rings. The first kappa shape index (κ1) is 12.6. The molecule has 3 nitrogen and oxygen atoms in total. The fourth-order valence-corrected chi connectivity index (χ4v) is 2.48. The van der Waals surface area contributed by atoms with Gasteiger partial charge in [0.15, 0.2) is 0 Å². The third-order valence-electron chi connectivity index (χ3n) is 3.69. The molecule has 1 atom stereocenters. The first-order chi connectivity index (χ1) is 8.21. The minimum atomic E-state index is -0.340. The van der Waals surface area contributed by atoms with Crippen LogP contribution >= 0.6 is 0 Å². The van der Waals surface area contributed by atoms with Gasteiger partial charge in [0.25, 0.3) is 0 Å². The smallest absolute Gasteiger partial charge is 0.0823 e. The van der Waals surface area contributed by atoms with Gasteiger partial charge in [-0.15, -0.1) is 0 Å². The average Bonchev–Trinajstić information content (AvgIpc) is 3.08. The number of nitrogens with zero attached hydrogens (tertiary/aromatic N) is 2. The van der Waals surface area contributed by atoms with Crippen LogP contribution in [0.5, 0.6) is 0 Å². The van der Waals surface area contributed by atoms with Crippen molar-refractivity contribution in [3.8, 4) is 0 Å². The highest BCUT2D eigenvalue weighted by Crippen LogP contribution is 2.33. The fraction of sp³-hybridized carbons (Fsp3) is 0.786. The highest BCUT2D eigenvalue weighted by Gasteiger charge is 2.26. The molecule has 1 saturated carbocycles. The summed E-state index contributed by atoms with van der Waals surface area (Å²) in [5.41, 5.74) is 3.46. The predicted molar refractivity (Wildman–Crippen MR) is 69.0 cm³/mol. The highest BCUT2D eigenvalue weighted by atomic mass is 16.3. The molecule has 1 N–H and O–H groups in total. The number of hydrogen-bond acceptors (Lipinski definition) is 2. The van der Waals surface area contributed by atoms with Crippen LogP contribution in [0, 0.1) is 5.92 Å². The molecule has 1 aliphatic rings. The summed E-state index contributed by atoms with van der Waals surface area (Å²) in [5, 5.41) is 14.9. The number of aliphatic hydroxyl groups is 1. The van der Waals surface area contributed by atoms with Crippen LogP contribution in [0.2, 0.25) is 0 Å². The van der Waals surface area contributed by atoms with E-state index in [4.69, 9.17) is 5.10 Å². The molecule has 0 aliphatic heterocycles.